The summed E-state index contributed by atoms with van der Waals surface area (Å²) >= 11 is 0. The lowest BCUT2D eigenvalue weighted by Crippen LogP contribution is -2.53. The topological polar surface area (TPSA) is 76.2 Å². The fourth-order valence-corrected chi connectivity index (χ4v) is 4.89. The molecule has 2 aliphatic heterocycles. The standard InChI is InChI=1S/C26H30N2O5/c1-15(2)12-21(28-24(29)18-8-6-7-9-19(18)25(28)30)26(31)27-11-10-17-13-22(32-4)23(33-5)14-20(17)16(27)3/h6-9,13-16,21H,10-12H2,1-5H3/t16?,21-/m0/s1. The second-order valence-electron chi connectivity index (χ2n) is 9.03. The minimum absolute atomic E-state index is 0.125. The molecule has 2 aromatic rings. The molecule has 2 heterocycles. The SMILES string of the molecule is COc1cc2c(cc1OC)C(C)N(C(=O)[C@H](CC(C)C)N1C(=O)c3ccccc3C1=O)CC2. The van der Waals surface area contributed by atoms with E-state index in [1.54, 1.807) is 43.4 Å². The lowest BCUT2D eigenvalue weighted by Gasteiger charge is -2.39. The van der Waals surface area contributed by atoms with E-state index in [1.807, 2.05) is 32.9 Å². The number of hydrogen-bond acceptors (Lipinski definition) is 5. The first kappa shape index (κ1) is 22.8. The zero-order chi connectivity index (χ0) is 23.9. The van der Waals surface area contributed by atoms with Crippen molar-refractivity contribution < 1.29 is 23.9 Å². The van der Waals surface area contributed by atoms with Crippen LogP contribution in [0.1, 0.15) is 65.1 Å². The van der Waals surface area contributed by atoms with Crippen LogP contribution in [0, 0.1) is 5.92 Å². The monoisotopic (exact) mass is 450 g/mol. The molecule has 3 amide bonds. The van der Waals surface area contributed by atoms with Crippen LogP contribution in [0.15, 0.2) is 36.4 Å². The van der Waals surface area contributed by atoms with Gasteiger partial charge in [0.15, 0.2) is 11.5 Å². The Morgan fingerprint density at radius 2 is 1.61 bits per heavy atom. The molecule has 2 aliphatic rings. The minimum atomic E-state index is -0.846. The van der Waals surface area contributed by atoms with E-state index < -0.39 is 17.9 Å². The highest BCUT2D eigenvalue weighted by molar-refractivity contribution is 6.22. The quantitative estimate of drug-likeness (QED) is 0.625. The van der Waals surface area contributed by atoms with Crippen molar-refractivity contribution in [2.24, 2.45) is 5.92 Å². The first-order valence-electron chi connectivity index (χ1n) is 11.3. The number of benzene rings is 2. The van der Waals surface area contributed by atoms with Crippen molar-refractivity contribution in [3.8, 4) is 11.5 Å². The number of nitrogens with zero attached hydrogens (tertiary/aromatic N) is 2. The lowest BCUT2D eigenvalue weighted by molar-refractivity contribution is -0.138. The molecule has 0 spiro atoms. The van der Waals surface area contributed by atoms with Gasteiger partial charge in [0.25, 0.3) is 11.8 Å². The van der Waals surface area contributed by atoms with Crippen molar-refractivity contribution in [1.82, 2.24) is 9.80 Å². The van der Waals surface area contributed by atoms with Crippen LogP contribution in [0.25, 0.3) is 0 Å². The third-order valence-electron chi connectivity index (χ3n) is 6.58. The van der Waals surface area contributed by atoms with Gasteiger partial charge in [0.2, 0.25) is 5.91 Å². The summed E-state index contributed by atoms with van der Waals surface area (Å²) in [6.45, 7) is 6.45. The van der Waals surface area contributed by atoms with Gasteiger partial charge < -0.3 is 14.4 Å². The number of methoxy groups -OCH3 is 2. The number of carbonyl (C=O) groups excluding carboxylic acids is 3. The van der Waals surface area contributed by atoms with Gasteiger partial charge in [0.05, 0.1) is 31.4 Å². The van der Waals surface area contributed by atoms with Gasteiger partial charge in [0, 0.05) is 6.54 Å². The van der Waals surface area contributed by atoms with Gasteiger partial charge >= 0.3 is 0 Å². The molecule has 4 rings (SSSR count). The zero-order valence-electron chi connectivity index (χ0n) is 19.8. The third kappa shape index (κ3) is 3.86. The fraction of sp³-hybridized carbons (Fsp3) is 0.423. The van der Waals surface area contributed by atoms with E-state index in [2.05, 4.69) is 0 Å². The van der Waals surface area contributed by atoms with E-state index in [9.17, 15) is 14.4 Å². The molecule has 0 radical (unpaired) electrons. The summed E-state index contributed by atoms with van der Waals surface area (Å²) in [5.74, 6) is 0.395. The van der Waals surface area contributed by atoms with E-state index in [0.717, 1.165) is 11.1 Å². The highest BCUT2D eigenvalue weighted by Crippen LogP contribution is 2.39. The summed E-state index contributed by atoms with van der Waals surface area (Å²) in [5, 5.41) is 0. The van der Waals surface area contributed by atoms with E-state index >= 15 is 0 Å². The van der Waals surface area contributed by atoms with Crippen molar-refractivity contribution in [3.05, 3.63) is 58.7 Å². The number of ether oxygens (including phenoxy) is 2. The third-order valence-corrected chi connectivity index (χ3v) is 6.58. The van der Waals surface area contributed by atoms with Crippen molar-refractivity contribution in [2.75, 3.05) is 20.8 Å². The van der Waals surface area contributed by atoms with Crippen LogP contribution in [-0.2, 0) is 11.2 Å². The summed E-state index contributed by atoms with van der Waals surface area (Å²) < 4.78 is 10.9. The largest absolute Gasteiger partial charge is 0.493 e. The molecule has 2 atom stereocenters. The molecule has 2 aromatic carbocycles. The van der Waals surface area contributed by atoms with Crippen molar-refractivity contribution in [3.63, 3.8) is 0 Å². The molecule has 0 N–H and O–H groups in total. The molecule has 0 aromatic heterocycles. The first-order chi connectivity index (χ1) is 15.8. The van der Waals surface area contributed by atoms with Crippen LogP contribution in [0.5, 0.6) is 11.5 Å². The Labute approximate surface area is 194 Å². The predicted molar refractivity (Wildman–Crippen MR) is 124 cm³/mol. The fourth-order valence-electron chi connectivity index (χ4n) is 4.89. The Bertz CT molecular complexity index is 1070. The van der Waals surface area contributed by atoms with Crippen molar-refractivity contribution in [1.29, 1.82) is 0 Å². The average molecular weight is 451 g/mol. The van der Waals surface area contributed by atoms with Gasteiger partial charge in [-0.3, -0.25) is 19.3 Å². The first-order valence-corrected chi connectivity index (χ1v) is 11.3. The normalized spacial score (nSPS) is 18.3. The van der Waals surface area contributed by atoms with Crippen LogP contribution in [0.4, 0.5) is 0 Å². The van der Waals surface area contributed by atoms with Gasteiger partial charge in [-0.05, 0) is 61.1 Å². The minimum Gasteiger partial charge on any atom is -0.493 e. The maximum absolute atomic E-state index is 13.9. The summed E-state index contributed by atoms with van der Waals surface area (Å²) in [7, 11) is 3.19. The number of carbonyl (C=O) groups is 3. The number of hydrogen-bond donors (Lipinski definition) is 0. The molecular weight excluding hydrogens is 420 g/mol. The molecule has 7 nitrogen and oxygen atoms in total. The Balaban J connectivity index is 1.67. The van der Waals surface area contributed by atoms with Crippen LogP contribution >= 0.6 is 0 Å². The summed E-state index contributed by atoms with van der Waals surface area (Å²) in [5.41, 5.74) is 2.80. The lowest BCUT2D eigenvalue weighted by atomic mass is 9.91. The van der Waals surface area contributed by atoms with Crippen molar-refractivity contribution in [2.45, 2.75) is 45.7 Å². The average Bonchev–Trinajstić information content (AvgIpc) is 3.06. The Hall–Kier alpha value is -3.35. The van der Waals surface area contributed by atoms with Crippen LogP contribution < -0.4 is 9.47 Å². The van der Waals surface area contributed by atoms with Crippen molar-refractivity contribution >= 4 is 17.7 Å². The Morgan fingerprint density at radius 1 is 1.03 bits per heavy atom. The Kier molecular flexibility index (Phi) is 6.15. The van der Waals surface area contributed by atoms with E-state index in [-0.39, 0.29) is 17.9 Å². The summed E-state index contributed by atoms with van der Waals surface area (Å²) in [6, 6.07) is 9.56. The highest BCUT2D eigenvalue weighted by Gasteiger charge is 2.45. The molecule has 0 saturated carbocycles. The maximum Gasteiger partial charge on any atom is 0.262 e. The van der Waals surface area contributed by atoms with Gasteiger partial charge in [0.1, 0.15) is 6.04 Å². The van der Waals surface area contributed by atoms with Gasteiger partial charge in [-0.15, -0.1) is 0 Å². The molecule has 0 bridgehead atoms. The Morgan fingerprint density at radius 3 is 2.15 bits per heavy atom. The van der Waals surface area contributed by atoms with Crippen LogP contribution in [-0.4, -0.2) is 54.3 Å². The maximum atomic E-state index is 13.9. The molecule has 0 aliphatic carbocycles. The van der Waals surface area contributed by atoms with E-state index in [0.29, 0.717) is 42.0 Å². The van der Waals surface area contributed by atoms with Crippen LogP contribution in [0.2, 0.25) is 0 Å². The second kappa shape index (κ2) is 8.89. The molecule has 0 saturated heterocycles. The number of amides is 3. The van der Waals surface area contributed by atoms with Gasteiger partial charge in [-0.1, -0.05) is 26.0 Å². The number of fused-ring (bicyclic) bond motifs is 2. The number of rotatable bonds is 6. The molecule has 33 heavy (non-hydrogen) atoms. The zero-order valence-corrected chi connectivity index (χ0v) is 19.8. The van der Waals surface area contributed by atoms with Crippen LogP contribution in [0.3, 0.4) is 0 Å². The molecule has 0 fully saturated rings. The predicted octanol–water partition coefficient (Wildman–Crippen LogP) is 3.86. The summed E-state index contributed by atoms with van der Waals surface area (Å²) in [6.07, 6.45) is 1.06. The summed E-state index contributed by atoms with van der Waals surface area (Å²) in [4.78, 5) is 43.1. The van der Waals surface area contributed by atoms with Gasteiger partial charge in [-0.25, -0.2) is 0 Å². The molecule has 1 unspecified atom stereocenters. The number of imide groups is 1. The second-order valence-corrected chi connectivity index (χ2v) is 9.03. The highest BCUT2D eigenvalue weighted by atomic mass is 16.5. The van der Waals surface area contributed by atoms with Gasteiger partial charge in [-0.2, -0.15) is 0 Å². The molecular formula is C26H30N2O5. The van der Waals surface area contributed by atoms with E-state index in [4.69, 9.17) is 9.47 Å². The van der Waals surface area contributed by atoms with E-state index in [1.165, 1.54) is 4.90 Å². The smallest absolute Gasteiger partial charge is 0.262 e. The molecule has 7 heteroatoms. The molecule has 174 valence electrons.